The topological polar surface area (TPSA) is 180 Å². The molecule has 0 radical (unpaired) electrons. The summed E-state index contributed by atoms with van der Waals surface area (Å²) in [5, 5.41) is 19.5. The van der Waals surface area contributed by atoms with Crippen LogP contribution in [-0.2, 0) is 25.8 Å². The molecule has 190 valence electrons. The molecule has 5 heterocycles. The maximum atomic E-state index is 13.0. The van der Waals surface area contributed by atoms with Crippen molar-refractivity contribution in [2.24, 2.45) is 5.16 Å². The van der Waals surface area contributed by atoms with Gasteiger partial charge in [0, 0.05) is 34.4 Å². The zero-order chi connectivity index (χ0) is 26.1. The number of anilines is 1. The third-order valence-corrected chi connectivity index (χ3v) is 7.68. The third kappa shape index (κ3) is 4.65. The number of nitrogens with two attached hydrogens (primary N) is 1. The number of thioether (sulfide) groups is 1. The van der Waals surface area contributed by atoms with Crippen molar-refractivity contribution in [1.82, 2.24) is 20.2 Å². The predicted octanol–water partition coefficient (Wildman–Crippen LogP) is -0.878. The largest absolute Gasteiger partial charge is 0.543 e. The van der Waals surface area contributed by atoms with E-state index in [1.54, 1.807) is 23.2 Å². The Morgan fingerprint density at radius 1 is 1.41 bits per heavy atom. The molecule has 0 bridgehead atoms. The van der Waals surface area contributed by atoms with Crippen LogP contribution in [0.25, 0.3) is 11.3 Å². The van der Waals surface area contributed by atoms with Gasteiger partial charge in [-0.3, -0.25) is 14.5 Å². The van der Waals surface area contributed by atoms with Gasteiger partial charge in [-0.15, -0.1) is 23.1 Å². The van der Waals surface area contributed by atoms with Crippen LogP contribution in [0, 0.1) is 0 Å². The number of carbonyl (C=O) groups excluding carboxylic acids is 3. The van der Waals surface area contributed by atoms with Crippen molar-refractivity contribution in [3.8, 4) is 11.3 Å². The van der Waals surface area contributed by atoms with Gasteiger partial charge in [0.25, 0.3) is 11.8 Å². The molecule has 2 amide bonds. The lowest BCUT2D eigenvalue weighted by atomic mass is 10.0. The Morgan fingerprint density at radius 3 is 2.81 bits per heavy atom. The Balaban J connectivity index is 1.32. The van der Waals surface area contributed by atoms with Crippen molar-refractivity contribution in [2.75, 3.05) is 18.6 Å². The van der Waals surface area contributed by atoms with E-state index in [-0.39, 0.29) is 28.8 Å². The van der Waals surface area contributed by atoms with Gasteiger partial charge in [-0.2, -0.15) is 0 Å². The number of hydrogen-bond donors (Lipinski definition) is 2. The number of oxime groups is 1. The molecule has 0 saturated carbocycles. The van der Waals surface area contributed by atoms with Crippen molar-refractivity contribution in [3.63, 3.8) is 0 Å². The minimum atomic E-state index is -1.46. The van der Waals surface area contributed by atoms with Crippen LogP contribution in [0.5, 0.6) is 0 Å². The number of nitrogens with one attached hydrogen (secondary N) is 1. The van der Waals surface area contributed by atoms with Gasteiger partial charge in [-0.25, -0.2) is 14.5 Å². The minimum absolute atomic E-state index is 0.149. The van der Waals surface area contributed by atoms with E-state index in [0.717, 1.165) is 21.8 Å². The summed E-state index contributed by atoms with van der Waals surface area (Å²) in [5.41, 5.74) is 6.83. The van der Waals surface area contributed by atoms with Gasteiger partial charge in [-0.05, 0) is 0 Å². The van der Waals surface area contributed by atoms with Gasteiger partial charge in [0.05, 0.1) is 17.9 Å². The average Bonchev–Trinajstić information content (AvgIpc) is 3.58. The number of oxazole rings is 1. The molecule has 0 aliphatic carbocycles. The van der Waals surface area contributed by atoms with E-state index < -0.39 is 29.2 Å². The molecule has 1 saturated heterocycles. The van der Waals surface area contributed by atoms with Crippen LogP contribution in [0.4, 0.5) is 5.13 Å². The Hall–Kier alpha value is -4.24. The van der Waals surface area contributed by atoms with Gasteiger partial charge in [0.1, 0.15) is 24.2 Å². The minimum Gasteiger partial charge on any atom is -0.543 e. The number of carbonyl (C=O) groups is 3. The second-order valence-electron chi connectivity index (χ2n) is 7.92. The highest BCUT2D eigenvalue weighted by Gasteiger charge is 2.53. The fourth-order valence-corrected chi connectivity index (χ4v) is 5.88. The Bertz CT molecular complexity index is 1420. The van der Waals surface area contributed by atoms with Crippen molar-refractivity contribution >= 4 is 51.7 Å². The Kier molecular flexibility index (Phi) is 6.62. The number of carboxylic acid groups (broad SMARTS) is 1. The first-order valence-corrected chi connectivity index (χ1v) is 12.7. The number of carboxylic acids is 1. The van der Waals surface area contributed by atoms with E-state index in [0.29, 0.717) is 17.1 Å². The van der Waals surface area contributed by atoms with Crippen molar-refractivity contribution in [3.05, 3.63) is 59.5 Å². The zero-order valence-corrected chi connectivity index (χ0v) is 20.8. The van der Waals surface area contributed by atoms with Crippen molar-refractivity contribution < 1.29 is 33.3 Å². The maximum absolute atomic E-state index is 13.0. The number of pyridine rings is 1. The lowest BCUT2D eigenvalue weighted by Gasteiger charge is -2.50. The molecule has 13 nitrogen and oxygen atoms in total. The lowest BCUT2D eigenvalue weighted by Crippen LogP contribution is -2.71. The van der Waals surface area contributed by atoms with Crippen molar-refractivity contribution in [2.45, 2.75) is 18.0 Å². The molecule has 3 aromatic heterocycles. The van der Waals surface area contributed by atoms with E-state index >= 15 is 0 Å². The molecule has 37 heavy (non-hydrogen) atoms. The summed E-state index contributed by atoms with van der Waals surface area (Å²) in [4.78, 5) is 51.7. The molecule has 2 aliphatic rings. The molecule has 1 fully saturated rings. The van der Waals surface area contributed by atoms with Crippen LogP contribution in [-0.4, -0.2) is 62.6 Å². The summed E-state index contributed by atoms with van der Waals surface area (Å²) in [7, 11) is 1.27. The molecular weight excluding hydrogens is 522 g/mol. The Morgan fingerprint density at radius 2 is 2.19 bits per heavy atom. The zero-order valence-electron chi connectivity index (χ0n) is 19.2. The van der Waals surface area contributed by atoms with Gasteiger partial charge in [0.15, 0.2) is 41.9 Å². The quantitative estimate of drug-likeness (QED) is 0.157. The molecule has 2 aliphatic heterocycles. The first-order valence-electron chi connectivity index (χ1n) is 10.8. The molecule has 0 unspecified atom stereocenters. The van der Waals surface area contributed by atoms with Gasteiger partial charge >= 0.3 is 0 Å². The number of aliphatic carboxylic acids is 1. The van der Waals surface area contributed by atoms with Gasteiger partial charge < -0.3 is 30.2 Å². The summed E-state index contributed by atoms with van der Waals surface area (Å²) in [6.45, 7) is 0.233. The molecule has 2 atom stereocenters. The number of thiazole rings is 1. The predicted molar refractivity (Wildman–Crippen MR) is 129 cm³/mol. The van der Waals surface area contributed by atoms with Crippen LogP contribution < -0.4 is 20.7 Å². The lowest BCUT2D eigenvalue weighted by molar-refractivity contribution is -0.689. The highest BCUT2D eigenvalue weighted by molar-refractivity contribution is 8.00. The monoisotopic (exact) mass is 541 g/mol. The summed E-state index contributed by atoms with van der Waals surface area (Å²) < 4.78 is 7.07. The van der Waals surface area contributed by atoms with Gasteiger partial charge in [-0.1, -0.05) is 5.16 Å². The maximum Gasteiger partial charge on any atom is 0.276 e. The first-order chi connectivity index (χ1) is 17.9. The first kappa shape index (κ1) is 24.5. The standard InChI is InChI=1S/C22H19N7O6S2/c1-34-27-15(13-9-37-22(23)25-13)18(30)26-16-19(31)29-17(21(32)33)12(8-36-20(16)29)7-28-4-2-11(3-5-28)14-6-24-10-35-14/h2-6,9-10,16,20H,7-8H2,1H3,(H3-,23,25,26,30,32,33)/b27-15+/t16-,20-/m1/s1. The number of hydrogen-bond acceptors (Lipinski definition) is 12. The molecule has 5 rings (SSSR count). The smallest absolute Gasteiger partial charge is 0.276 e. The molecule has 0 aromatic carbocycles. The van der Waals surface area contributed by atoms with Gasteiger partial charge in [0.2, 0.25) is 0 Å². The summed E-state index contributed by atoms with van der Waals surface area (Å²) in [6.07, 6.45) is 6.48. The summed E-state index contributed by atoms with van der Waals surface area (Å²) in [6, 6.07) is 2.67. The number of amides is 2. The number of rotatable bonds is 8. The fourth-order valence-electron chi connectivity index (χ4n) is 4.00. The normalized spacial score (nSPS) is 19.3. The van der Waals surface area contributed by atoms with Crippen LogP contribution in [0.3, 0.4) is 0 Å². The average molecular weight is 542 g/mol. The third-order valence-electron chi connectivity index (χ3n) is 5.67. The molecular formula is C22H19N7O6S2. The number of fused-ring (bicyclic) bond motifs is 1. The summed E-state index contributed by atoms with van der Waals surface area (Å²) >= 11 is 2.46. The van der Waals surface area contributed by atoms with Crippen LogP contribution in [0.2, 0.25) is 0 Å². The van der Waals surface area contributed by atoms with Crippen LogP contribution in [0.15, 0.2) is 63.3 Å². The number of β-lactam (4-membered cyclic amide) rings is 1. The van der Waals surface area contributed by atoms with Crippen molar-refractivity contribution in [1.29, 1.82) is 0 Å². The van der Waals surface area contributed by atoms with Crippen LogP contribution >= 0.6 is 23.1 Å². The van der Waals surface area contributed by atoms with E-state index in [1.807, 2.05) is 12.1 Å². The molecule has 3 aromatic rings. The molecule has 3 N–H and O–H groups in total. The molecule has 15 heteroatoms. The Labute approximate surface area is 217 Å². The van der Waals surface area contributed by atoms with E-state index in [1.165, 1.54) is 30.6 Å². The second-order valence-corrected chi connectivity index (χ2v) is 9.91. The highest BCUT2D eigenvalue weighted by Crippen LogP contribution is 2.40. The summed E-state index contributed by atoms with van der Waals surface area (Å²) in [5.74, 6) is -1.80. The van der Waals surface area contributed by atoms with Crippen LogP contribution in [0.1, 0.15) is 5.69 Å². The second kappa shape index (κ2) is 10.0. The number of aromatic nitrogens is 3. The molecule has 0 spiro atoms. The number of nitrogen functional groups attached to an aromatic ring is 1. The number of nitrogens with zero attached hydrogens (tertiary/aromatic N) is 5. The van der Waals surface area contributed by atoms with E-state index in [2.05, 4.69) is 20.4 Å². The van der Waals surface area contributed by atoms with E-state index in [9.17, 15) is 19.5 Å². The van der Waals surface area contributed by atoms with E-state index in [4.69, 9.17) is 15.0 Å². The highest BCUT2D eigenvalue weighted by atomic mass is 32.2. The SMILES string of the molecule is CO/N=C(/C(=O)N[C@@H]1C(=O)N2C(C(=O)[O-])=C(C[n+]3ccc(-c4cnco4)cc3)CS[C@H]12)c1csc(N)n1. The fraction of sp³-hybridized carbons (Fsp3) is 0.227.